The van der Waals surface area contributed by atoms with Crippen molar-refractivity contribution >= 4 is 11.6 Å². The van der Waals surface area contributed by atoms with Gasteiger partial charge in [-0.15, -0.1) is 0 Å². The monoisotopic (exact) mass is 466 g/mol. The van der Waals surface area contributed by atoms with Crippen molar-refractivity contribution < 1.29 is 5.11 Å². The number of allylic oxidation sites excluding steroid dienone is 2. The average molecular weight is 467 g/mol. The molecule has 35 heavy (non-hydrogen) atoms. The standard InChI is InChI=1S/C34H42O/c1-21-26-15-12-16-27(26)22(2)29-18-25(17-28(21)29)34(35)30(23-13-10-9-11-14-23)19-24(32(3,4)5)20-31(34)33(6,7)8/h9-11,13-14,17,19-20,31,35H,12,15-16,18H2,1-8H3. The third-order valence-electron chi connectivity index (χ3n) is 8.87. The van der Waals surface area contributed by atoms with Crippen LogP contribution in [0.15, 0.2) is 53.6 Å². The summed E-state index contributed by atoms with van der Waals surface area (Å²) < 4.78 is 0. The number of rotatable bonds is 2. The van der Waals surface area contributed by atoms with E-state index >= 15 is 0 Å². The molecule has 0 bridgehead atoms. The number of hydrogen-bond donors (Lipinski definition) is 1. The zero-order chi connectivity index (χ0) is 25.3. The van der Waals surface area contributed by atoms with Gasteiger partial charge in [-0.05, 0) is 106 Å². The fourth-order valence-corrected chi connectivity index (χ4v) is 6.85. The van der Waals surface area contributed by atoms with Crippen molar-refractivity contribution in [3.8, 4) is 0 Å². The molecule has 0 amide bonds. The first-order chi connectivity index (χ1) is 16.3. The predicted octanol–water partition coefficient (Wildman–Crippen LogP) is 8.19. The van der Waals surface area contributed by atoms with Gasteiger partial charge < -0.3 is 5.11 Å². The summed E-state index contributed by atoms with van der Waals surface area (Å²) in [5.74, 6) is -0.0301. The van der Waals surface area contributed by atoms with E-state index in [1.165, 1.54) is 47.1 Å². The van der Waals surface area contributed by atoms with Gasteiger partial charge in [-0.2, -0.15) is 0 Å². The summed E-state index contributed by atoms with van der Waals surface area (Å²) in [6.45, 7) is 18.3. The van der Waals surface area contributed by atoms with Crippen LogP contribution in [-0.2, 0) is 19.3 Å². The van der Waals surface area contributed by atoms with Crippen LogP contribution in [0.1, 0.15) is 86.9 Å². The average Bonchev–Trinajstić information content (AvgIpc) is 3.45. The van der Waals surface area contributed by atoms with Crippen molar-refractivity contribution in [2.45, 2.75) is 86.7 Å². The normalized spacial score (nSPS) is 24.0. The number of fused-ring (bicyclic) bond motifs is 2. The molecule has 2 aromatic rings. The van der Waals surface area contributed by atoms with Crippen molar-refractivity contribution in [1.82, 2.24) is 0 Å². The lowest BCUT2D eigenvalue weighted by molar-refractivity contribution is 0.0381. The Morgan fingerprint density at radius 3 is 2.06 bits per heavy atom. The van der Waals surface area contributed by atoms with Crippen molar-refractivity contribution in [3.05, 3.63) is 92.6 Å². The molecule has 3 aliphatic rings. The Morgan fingerprint density at radius 1 is 0.829 bits per heavy atom. The molecule has 0 aliphatic heterocycles. The summed E-state index contributed by atoms with van der Waals surface area (Å²) in [6, 6.07) is 10.6. The summed E-state index contributed by atoms with van der Waals surface area (Å²) >= 11 is 0. The lowest BCUT2D eigenvalue weighted by atomic mass is 9.59. The molecule has 0 heterocycles. The van der Waals surface area contributed by atoms with Crippen molar-refractivity contribution in [2.75, 3.05) is 0 Å². The van der Waals surface area contributed by atoms with Crippen LogP contribution in [0.25, 0.3) is 11.6 Å². The van der Waals surface area contributed by atoms with Crippen LogP contribution in [0.4, 0.5) is 0 Å². The Labute approximate surface area is 212 Å². The lowest BCUT2D eigenvalue weighted by Crippen LogP contribution is -2.48. The summed E-state index contributed by atoms with van der Waals surface area (Å²) in [6.07, 6.45) is 11.5. The Bertz CT molecular complexity index is 1270. The molecule has 3 aliphatic carbocycles. The van der Waals surface area contributed by atoms with Gasteiger partial charge >= 0.3 is 0 Å². The van der Waals surface area contributed by atoms with Gasteiger partial charge in [0.25, 0.3) is 0 Å². The number of benzene rings is 2. The second-order valence-electron chi connectivity index (χ2n) is 13.2. The third kappa shape index (κ3) is 3.78. The minimum atomic E-state index is -1.06. The molecule has 0 radical (unpaired) electrons. The fourth-order valence-electron chi connectivity index (χ4n) is 6.85. The van der Waals surface area contributed by atoms with E-state index in [0.717, 1.165) is 23.1 Å². The largest absolute Gasteiger partial charge is 0.380 e. The third-order valence-corrected chi connectivity index (χ3v) is 8.87. The fraction of sp³-hybridized carbons (Fsp3) is 0.471. The molecule has 1 heteroatoms. The lowest BCUT2D eigenvalue weighted by Gasteiger charge is -2.48. The van der Waals surface area contributed by atoms with Crippen LogP contribution in [-0.4, -0.2) is 10.7 Å². The summed E-state index contributed by atoms with van der Waals surface area (Å²) in [4.78, 5) is 0. The van der Waals surface area contributed by atoms with Gasteiger partial charge in [0.05, 0.1) is 0 Å². The maximum atomic E-state index is 13.0. The maximum absolute atomic E-state index is 13.0. The van der Waals surface area contributed by atoms with Gasteiger partial charge in [0, 0.05) is 5.92 Å². The molecular weight excluding hydrogens is 424 g/mol. The van der Waals surface area contributed by atoms with Gasteiger partial charge in [-0.3, -0.25) is 0 Å². The van der Waals surface area contributed by atoms with E-state index in [1.807, 2.05) is 0 Å². The molecule has 0 saturated carbocycles. The van der Waals surface area contributed by atoms with E-state index in [1.54, 1.807) is 11.1 Å². The van der Waals surface area contributed by atoms with Gasteiger partial charge in [0.15, 0.2) is 0 Å². The molecule has 1 nitrogen and oxygen atoms in total. The quantitative estimate of drug-likeness (QED) is 0.473. The van der Waals surface area contributed by atoms with Crippen LogP contribution < -0.4 is 0 Å². The van der Waals surface area contributed by atoms with Crippen molar-refractivity contribution in [3.63, 3.8) is 0 Å². The van der Waals surface area contributed by atoms with Crippen LogP contribution in [0.5, 0.6) is 0 Å². The van der Waals surface area contributed by atoms with E-state index in [4.69, 9.17) is 0 Å². The Morgan fingerprint density at radius 2 is 1.46 bits per heavy atom. The zero-order valence-electron chi connectivity index (χ0n) is 23.0. The Kier molecular flexibility index (Phi) is 5.61. The van der Waals surface area contributed by atoms with Gasteiger partial charge in [0.1, 0.15) is 5.60 Å². The predicted molar refractivity (Wildman–Crippen MR) is 149 cm³/mol. The van der Waals surface area contributed by atoms with Crippen LogP contribution in [0, 0.1) is 30.6 Å². The molecule has 2 atom stereocenters. The molecule has 0 saturated heterocycles. The summed E-state index contributed by atoms with van der Waals surface area (Å²) in [7, 11) is 0. The first kappa shape index (κ1) is 24.3. The molecule has 184 valence electrons. The highest BCUT2D eigenvalue weighted by molar-refractivity contribution is 5.85. The van der Waals surface area contributed by atoms with Gasteiger partial charge in [-0.25, -0.2) is 0 Å². The highest BCUT2D eigenvalue weighted by Gasteiger charge is 2.51. The van der Waals surface area contributed by atoms with E-state index in [9.17, 15) is 5.11 Å². The minimum absolute atomic E-state index is 0.00582. The second kappa shape index (κ2) is 8.07. The number of aliphatic hydroxyl groups is 1. The Balaban J connectivity index is 1.74. The first-order valence-electron chi connectivity index (χ1n) is 13.4. The van der Waals surface area contributed by atoms with Crippen LogP contribution in [0.3, 0.4) is 0 Å². The smallest absolute Gasteiger partial charge is 0.119 e. The summed E-state index contributed by atoms with van der Waals surface area (Å²) in [5, 5.41) is 13.0. The second-order valence-corrected chi connectivity index (χ2v) is 13.2. The highest BCUT2D eigenvalue weighted by atomic mass is 16.3. The molecular formula is C34H42O. The first-order valence-corrected chi connectivity index (χ1v) is 13.4. The van der Waals surface area contributed by atoms with Gasteiger partial charge in [0.2, 0.25) is 0 Å². The molecule has 1 N–H and O–H groups in total. The molecule has 0 spiro atoms. The van der Waals surface area contributed by atoms with E-state index in [0.29, 0.717) is 0 Å². The minimum Gasteiger partial charge on any atom is -0.380 e. The zero-order valence-corrected chi connectivity index (χ0v) is 23.0. The van der Waals surface area contributed by atoms with Crippen molar-refractivity contribution in [2.24, 2.45) is 16.7 Å². The molecule has 5 rings (SSSR count). The SMILES string of the molecule is Cc1c2c(c(C)c3c1CCC3)CC(C1(O)C(c3ccccc3)=CC(C(C)(C)C)=CC1C(C)(C)C)=C2. The Hall–Kier alpha value is -2.38. The van der Waals surface area contributed by atoms with Crippen LogP contribution in [0.2, 0.25) is 0 Å². The van der Waals surface area contributed by atoms with Crippen molar-refractivity contribution in [1.29, 1.82) is 0 Å². The van der Waals surface area contributed by atoms with E-state index in [2.05, 4.69) is 104 Å². The summed E-state index contributed by atoms with van der Waals surface area (Å²) in [5.41, 5.74) is 12.3. The van der Waals surface area contributed by atoms with E-state index < -0.39 is 5.60 Å². The highest BCUT2D eigenvalue weighted by Crippen LogP contribution is 2.55. The maximum Gasteiger partial charge on any atom is 0.119 e. The van der Waals surface area contributed by atoms with E-state index in [-0.39, 0.29) is 16.7 Å². The molecule has 2 unspecified atom stereocenters. The molecule has 0 fully saturated rings. The van der Waals surface area contributed by atoms with Crippen LogP contribution >= 0.6 is 0 Å². The number of hydrogen-bond acceptors (Lipinski definition) is 1. The topological polar surface area (TPSA) is 20.2 Å². The van der Waals surface area contributed by atoms with Gasteiger partial charge in [-0.1, -0.05) is 90.1 Å². The molecule has 0 aromatic heterocycles. The molecule has 2 aromatic carbocycles.